The maximum Gasteiger partial charge on any atom is 0.140 e. The molecule has 1 aromatic heterocycles. The maximum absolute atomic E-state index is 5.56. The number of halogens is 1. The first-order chi connectivity index (χ1) is 7.67. The molecule has 0 atom stereocenters. The van der Waals surface area contributed by atoms with Crippen LogP contribution in [0.5, 0.6) is 0 Å². The molecule has 1 fully saturated rings. The Morgan fingerprint density at radius 2 is 2.31 bits per heavy atom. The van der Waals surface area contributed by atoms with Crippen LogP contribution in [-0.4, -0.2) is 24.2 Å². The highest BCUT2D eigenvalue weighted by molar-refractivity contribution is 9.10. The summed E-state index contributed by atoms with van der Waals surface area (Å²) in [7, 11) is 1.79. The predicted octanol–water partition coefficient (Wildman–Crippen LogP) is 3.13. The molecule has 88 valence electrons. The monoisotopic (exact) mass is 284 g/mol. The van der Waals surface area contributed by atoms with Gasteiger partial charge in [0.2, 0.25) is 0 Å². The number of hydrogen-bond donors (Lipinski definition) is 1. The Morgan fingerprint density at radius 1 is 1.56 bits per heavy atom. The van der Waals surface area contributed by atoms with Crippen molar-refractivity contribution in [3.63, 3.8) is 0 Å². The van der Waals surface area contributed by atoms with Gasteiger partial charge in [-0.25, -0.2) is 4.98 Å². The molecule has 1 aliphatic rings. The van der Waals surface area contributed by atoms with E-state index in [1.165, 1.54) is 12.0 Å². The van der Waals surface area contributed by atoms with Gasteiger partial charge in [0.25, 0.3) is 0 Å². The largest absolute Gasteiger partial charge is 0.376 e. The molecule has 0 saturated heterocycles. The highest BCUT2D eigenvalue weighted by atomic mass is 79.9. The number of methoxy groups -OCH3 is 1. The lowest BCUT2D eigenvalue weighted by molar-refractivity contribution is -0.0601. The number of anilines is 1. The number of ether oxygens (including phenoxy) is 1. The predicted molar refractivity (Wildman–Crippen MR) is 68.8 cm³/mol. The summed E-state index contributed by atoms with van der Waals surface area (Å²) in [5, 5.41) is 3.36. The molecule has 1 saturated carbocycles. The number of aryl methyl sites for hydroxylation is 1. The number of aromatic nitrogens is 1. The first-order valence-corrected chi connectivity index (χ1v) is 6.36. The minimum atomic E-state index is 0.0326. The Bertz CT molecular complexity index is 372. The average Bonchev–Trinajstić information content (AvgIpc) is 2.23. The van der Waals surface area contributed by atoms with Crippen LogP contribution in [0.2, 0.25) is 0 Å². The van der Waals surface area contributed by atoms with Crippen molar-refractivity contribution in [1.29, 1.82) is 0 Å². The van der Waals surface area contributed by atoms with Gasteiger partial charge in [0.05, 0.1) is 10.1 Å². The van der Waals surface area contributed by atoms with E-state index in [2.05, 4.69) is 33.2 Å². The second kappa shape index (κ2) is 4.72. The molecule has 1 heterocycles. The standard InChI is InChI=1S/C12H17BrN2O/c1-9-4-7-14-11(10(9)13)15-8-12(16-2)5-3-6-12/h4,7H,3,5-6,8H2,1-2H3,(H,14,15). The van der Waals surface area contributed by atoms with E-state index in [1.807, 2.05) is 12.3 Å². The van der Waals surface area contributed by atoms with Crippen molar-refractivity contribution in [3.05, 3.63) is 22.3 Å². The van der Waals surface area contributed by atoms with E-state index in [4.69, 9.17) is 4.74 Å². The van der Waals surface area contributed by atoms with Crippen LogP contribution >= 0.6 is 15.9 Å². The molecule has 1 aromatic rings. The van der Waals surface area contributed by atoms with Crippen LogP contribution < -0.4 is 5.32 Å². The second-order valence-electron chi connectivity index (χ2n) is 4.38. The third-order valence-electron chi connectivity index (χ3n) is 3.36. The molecular weight excluding hydrogens is 268 g/mol. The van der Waals surface area contributed by atoms with Gasteiger partial charge in [-0.1, -0.05) is 0 Å². The van der Waals surface area contributed by atoms with Crippen LogP contribution in [-0.2, 0) is 4.74 Å². The Balaban J connectivity index is 2.02. The number of nitrogens with zero attached hydrogens (tertiary/aromatic N) is 1. The first kappa shape index (κ1) is 11.9. The van der Waals surface area contributed by atoms with Gasteiger partial charge in [-0.05, 0) is 53.7 Å². The zero-order chi connectivity index (χ0) is 11.6. The highest BCUT2D eigenvalue weighted by Crippen LogP contribution is 2.35. The molecule has 0 aliphatic heterocycles. The Hall–Kier alpha value is -0.610. The third kappa shape index (κ3) is 2.23. The number of hydrogen-bond acceptors (Lipinski definition) is 3. The summed E-state index contributed by atoms with van der Waals surface area (Å²) >= 11 is 3.54. The van der Waals surface area contributed by atoms with Gasteiger partial charge in [0, 0.05) is 19.9 Å². The smallest absolute Gasteiger partial charge is 0.140 e. The summed E-state index contributed by atoms with van der Waals surface area (Å²) < 4.78 is 6.60. The second-order valence-corrected chi connectivity index (χ2v) is 5.18. The topological polar surface area (TPSA) is 34.1 Å². The van der Waals surface area contributed by atoms with Gasteiger partial charge in [-0.3, -0.25) is 0 Å². The molecule has 0 unspecified atom stereocenters. The number of nitrogens with one attached hydrogen (secondary N) is 1. The van der Waals surface area contributed by atoms with E-state index in [1.54, 1.807) is 7.11 Å². The van der Waals surface area contributed by atoms with Gasteiger partial charge in [-0.15, -0.1) is 0 Å². The van der Waals surface area contributed by atoms with Crippen LogP contribution in [0, 0.1) is 6.92 Å². The molecule has 0 aromatic carbocycles. The van der Waals surface area contributed by atoms with Crippen LogP contribution in [0.4, 0.5) is 5.82 Å². The van der Waals surface area contributed by atoms with E-state index in [0.717, 1.165) is 29.7 Å². The van der Waals surface area contributed by atoms with E-state index < -0.39 is 0 Å². The molecule has 3 nitrogen and oxygen atoms in total. The zero-order valence-electron chi connectivity index (χ0n) is 9.72. The van der Waals surface area contributed by atoms with Gasteiger partial charge in [0.15, 0.2) is 0 Å². The Labute approximate surface area is 105 Å². The van der Waals surface area contributed by atoms with Crippen LogP contribution in [0.3, 0.4) is 0 Å². The number of rotatable bonds is 4. The fourth-order valence-electron chi connectivity index (χ4n) is 1.93. The van der Waals surface area contributed by atoms with Crippen LogP contribution in [0.25, 0.3) is 0 Å². The first-order valence-electron chi connectivity index (χ1n) is 5.57. The molecule has 0 amide bonds. The summed E-state index contributed by atoms with van der Waals surface area (Å²) in [5.41, 5.74) is 1.22. The highest BCUT2D eigenvalue weighted by Gasteiger charge is 2.36. The summed E-state index contributed by atoms with van der Waals surface area (Å²) in [4.78, 5) is 4.32. The van der Waals surface area contributed by atoms with Crippen molar-refractivity contribution in [2.75, 3.05) is 19.0 Å². The van der Waals surface area contributed by atoms with Gasteiger partial charge >= 0.3 is 0 Å². The minimum Gasteiger partial charge on any atom is -0.376 e. The van der Waals surface area contributed by atoms with Crippen molar-refractivity contribution < 1.29 is 4.74 Å². The quantitative estimate of drug-likeness (QED) is 0.922. The molecule has 0 bridgehead atoms. The summed E-state index contributed by atoms with van der Waals surface area (Å²) in [6.45, 7) is 2.89. The van der Waals surface area contributed by atoms with E-state index >= 15 is 0 Å². The fourth-order valence-corrected chi connectivity index (χ4v) is 2.31. The molecule has 2 rings (SSSR count). The normalized spacial score (nSPS) is 17.9. The maximum atomic E-state index is 5.56. The van der Waals surface area contributed by atoms with E-state index in [0.29, 0.717) is 0 Å². The molecule has 0 radical (unpaired) electrons. The molecule has 4 heteroatoms. The van der Waals surface area contributed by atoms with Crippen LogP contribution in [0.15, 0.2) is 16.7 Å². The lowest BCUT2D eigenvalue weighted by Gasteiger charge is -2.40. The van der Waals surface area contributed by atoms with Gasteiger partial charge < -0.3 is 10.1 Å². The molecule has 1 aliphatic carbocycles. The van der Waals surface area contributed by atoms with Crippen molar-refractivity contribution >= 4 is 21.7 Å². The van der Waals surface area contributed by atoms with Gasteiger partial charge in [-0.2, -0.15) is 0 Å². The van der Waals surface area contributed by atoms with Crippen molar-refractivity contribution in [2.24, 2.45) is 0 Å². The lowest BCUT2D eigenvalue weighted by atomic mass is 9.80. The molecule has 1 N–H and O–H groups in total. The third-order valence-corrected chi connectivity index (χ3v) is 4.36. The zero-order valence-corrected chi connectivity index (χ0v) is 11.3. The fraction of sp³-hybridized carbons (Fsp3) is 0.583. The molecular formula is C12H17BrN2O. The van der Waals surface area contributed by atoms with Crippen molar-refractivity contribution in [3.8, 4) is 0 Å². The Morgan fingerprint density at radius 3 is 2.88 bits per heavy atom. The summed E-state index contributed by atoms with van der Waals surface area (Å²) in [5.74, 6) is 0.906. The van der Waals surface area contributed by atoms with Crippen molar-refractivity contribution in [1.82, 2.24) is 4.98 Å². The van der Waals surface area contributed by atoms with E-state index in [-0.39, 0.29) is 5.60 Å². The lowest BCUT2D eigenvalue weighted by Crippen LogP contribution is -2.45. The van der Waals surface area contributed by atoms with Crippen LogP contribution in [0.1, 0.15) is 24.8 Å². The molecule has 0 spiro atoms. The summed E-state index contributed by atoms with van der Waals surface area (Å²) in [6.07, 6.45) is 5.36. The summed E-state index contributed by atoms with van der Waals surface area (Å²) in [6, 6.07) is 1.99. The number of pyridine rings is 1. The molecule has 16 heavy (non-hydrogen) atoms. The SMILES string of the molecule is COC1(CNc2nccc(C)c2Br)CCC1. The minimum absolute atomic E-state index is 0.0326. The van der Waals surface area contributed by atoms with Gasteiger partial charge in [0.1, 0.15) is 5.82 Å². The average molecular weight is 285 g/mol. The van der Waals surface area contributed by atoms with Crippen molar-refractivity contribution in [2.45, 2.75) is 31.8 Å². The Kier molecular flexibility index (Phi) is 3.50. The van der Waals surface area contributed by atoms with E-state index in [9.17, 15) is 0 Å².